The van der Waals surface area contributed by atoms with Gasteiger partial charge in [-0.25, -0.2) is 4.98 Å². The SMILES string of the molecule is COc1ccc(C#N)c(Sc2nc(C)cc(=O)[nH]2)c1. The molecule has 0 aliphatic heterocycles. The number of methoxy groups -OCH3 is 1. The highest BCUT2D eigenvalue weighted by atomic mass is 32.2. The average molecular weight is 273 g/mol. The molecule has 0 saturated carbocycles. The van der Waals surface area contributed by atoms with Crippen molar-refractivity contribution in [2.24, 2.45) is 0 Å². The first-order valence-corrected chi connectivity index (χ1v) is 6.28. The number of rotatable bonds is 3. The van der Waals surface area contributed by atoms with E-state index in [1.54, 1.807) is 32.2 Å². The lowest BCUT2D eigenvalue weighted by atomic mass is 10.2. The molecule has 0 radical (unpaired) electrons. The third kappa shape index (κ3) is 3.14. The second-order valence-electron chi connectivity index (χ2n) is 3.77. The molecule has 2 rings (SSSR count). The number of H-pyrrole nitrogens is 1. The lowest BCUT2D eigenvalue weighted by Crippen LogP contribution is -2.07. The van der Waals surface area contributed by atoms with Gasteiger partial charge < -0.3 is 9.72 Å². The van der Waals surface area contributed by atoms with Gasteiger partial charge in [0.1, 0.15) is 11.8 Å². The van der Waals surface area contributed by atoms with Crippen molar-refractivity contribution in [2.45, 2.75) is 17.0 Å². The number of benzene rings is 1. The standard InChI is InChI=1S/C13H11N3O2S/c1-8-5-12(17)16-13(15-8)19-11-6-10(18-2)4-3-9(11)7-14/h3-6H,1-2H3,(H,15,16,17). The summed E-state index contributed by atoms with van der Waals surface area (Å²) in [6.07, 6.45) is 0. The highest BCUT2D eigenvalue weighted by molar-refractivity contribution is 7.99. The number of nitrogens with one attached hydrogen (secondary N) is 1. The molecule has 0 spiro atoms. The molecule has 0 saturated heterocycles. The first-order chi connectivity index (χ1) is 9.12. The molecule has 19 heavy (non-hydrogen) atoms. The van der Waals surface area contributed by atoms with Gasteiger partial charge in [-0.2, -0.15) is 5.26 Å². The minimum atomic E-state index is -0.212. The van der Waals surface area contributed by atoms with Crippen molar-refractivity contribution in [1.29, 1.82) is 5.26 Å². The van der Waals surface area contributed by atoms with E-state index in [-0.39, 0.29) is 5.56 Å². The predicted octanol–water partition coefficient (Wildman–Crippen LogP) is 2.11. The molecule has 5 nitrogen and oxygen atoms in total. The molecule has 0 fully saturated rings. The first-order valence-electron chi connectivity index (χ1n) is 5.46. The number of aryl methyl sites for hydroxylation is 1. The monoisotopic (exact) mass is 273 g/mol. The van der Waals surface area contributed by atoms with E-state index >= 15 is 0 Å². The summed E-state index contributed by atoms with van der Waals surface area (Å²) in [5.74, 6) is 0.650. The van der Waals surface area contributed by atoms with E-state index in [1.807, 2.05) is 0 Å². The van der Waals surface area contributed by atoms with Crippen LogP contribution in [0.25, 0.3) is 0 Å². The van der Waals surface area contributed by atoms with Gasteiger partial charge in [-0.3, -0.25) is 4.79 Å². The Kier molecular flexibility index (Phi) is 3.88. The maximum absolute atomic E-state index is 11.4. The molecule has 96 valence electrons. The summed E-state index contributed by atoms with van der Waals surface area (Å²) in [6.45, 7) is 1.75. The molecule has 0 amide bonds. The third-order valence-corrected chi connectivity index (χ3v) is 3.31. The van der Waals surface area contributed by atoms with Crippen LogP contribution in [0.4, 0.5) is 0 Å². The average Bonchev–Trinajstić information content (AvgIpc) is 2.37. The second-order valence-corrected chi connectivity index (χ2v) is 4.80. The minimum Gasteiger partial charge on any atom is -0.497 e. The Hall–Kier alpha value is -2.26. The zero-order valence-corrected chi connectivity index (χ0v) is 11.2. The molecule has 1 aromatic heterocycles. The second kappa shape index (κ2) is 5.59. The molecular formula is C13H11N3O2S. The summed E-state index contributed by atoms with van der Waals surface area (Å²) in [5.41, 5.74) is 0.930. The maximum Gasteiger partial charge on any atom is 0.251 e. The van der Waals surface area contributed by atoms with Crippen molar-refractivity contribution in [2.75, 3.05) is 7.11 Å². The summed E-state index contributed by atoms with van der Waals surface area (Å²) >= 11 is 1.23. The number of aromatic nitrogens is 2. The van der Waals surface area contributed by atoms with Crippen LogP contribution in [0, 0.1) is 18.3 Å². The van der Waals surface area contributed by atoms with Crippen molar-refractivity contribution < 1.29 is 4.74 Å². The lowest BCUT2D eigenvalue weighted by Gasteiger charge is -2.06. The smallest absolute Gasteiger partial charge is 0.251 e. The van der Waals surface area contributed by atoms with Crippen LogP contribution < -0.4 is 10.3 Å². The van der Waals surface area contributed by atoms with E-state index in [0.29, 0.717) is 27.1 Å². The zero-order valence-electron chi connectivity index (χ0n) is 10.4. The fourth-order valence-corrected chi connectivity index (χ4v) is 2.46. The third-order valence-electron chi connectivity index (χ3n) is 2.36. The Morgan fingerprint density at radius 2 is 2.21 bits per heavy atom. The van der Waals surface area contributed by atoms with Gasteiger partial charge in [-0.05, 0) is 25.1 Å². The highest BCUT2D eigenvalue weighted by Crippen LogP contribution is 2.30. The van der Waals surface area contributed by atoms with Crippen LogP contribution in [0.1, 0.15) is 11.3 Å². The Labute approximate surface area is 114 Å². The predicted molar refractivity (Wildman–Crippen MR) is 71.4 cm³/mol. The van der Waals surface area contributed by atoms with Crippen molar-refractivity contribution >= 4 is 11.8 Å². The molecule has 1 aromatic carbocycles. The van der Waals surface area contributed by atoms with Crippen LogP contribution in [0.2, 0.25) is 0 Å². The summed E-state index contributed by atoms with van der Waals surface area (Å²) in [6, 6.07) is 8.65. The van der Waals surface area contributed by atoms with Gasteiger partial charge in [0, 0.05) is 16.7 Å². The van der Waals surface area contributed by atoms with Crippen molar-refractivity contribution in [3.05, 3.63) is 45.9 Å². The Bertz CT molecular complexity index is 704. The van der Waals surface area contributed by atoms with Crippen molar-refractivity contribution in [1.82, 2.24) is 9.97 Å². The van der Waals surface area contributed by atoms with E-state index < -0.39 is 0 Å². The van der Waals surface area contributed by atoms with Gasteiger partial charge in [0.15, 0.2) is 5.16 Å². The van der Waals surface area contributed by atoms with Gasteiger partial charge in [0.05, 0.1) is 12.7 Å². The molecule has 0 bridgehead atoms. The minimum absolute atomic E-state index is 0.212. The van der Waals surface area contributed by atoms with E-state index in [0.717, 1.165) is 0 Å². The largest absolute Gasteiger partial charge is 0.497 e. The van der Waals surface area contributed by atoms with Crippen LogP contribution in [0.3, 0.4) is 0 Å². The Morgan fingerprint density at radius 1 is 1.42 bits per heavy atom. The molecule has 1 heterocycles. The van der Waals surface area contributed by atoms with E-state index in [2.05, 4.69) is 16.0 Å². The maximum atomic E-state index is 11.4. The summed E-state index contributed by atoms with van der Waals surface area (Å²) in [4.78, 5) is 18.9. The summed E-state index contributed by atoms with van der Waals surface area (Å²) < 4.78 is 5.12. The van der Waals surface area contributed by atoms with Crippen molar-refractivity contribution in [3.8, 4) is 11.8 Å². The van der Waals surface area contributed by atoms with Gasteiger partial charge in [-0.15, -0.1) is 0 Å². The number of ether oxygens (including phenoxy) is 1. The number of nitriles is 1. The number of aromatic amines is 1. The Balaban J connectivity index is 2.42. The highest BCUT2D eigenvalue weighted by Gasteiger charge is 2.08. The normalized spacial score (nSPS) is 9.95. The molecular weight excluding hydrogens is 262 g/mol. The molecule has 0 aliphatic carbocycles. The van der Waals surface area contributed by atoms with E-state index in [4.69, 9.17) is 10.00 Å². The van der Waals surface area contributed by atoms with E-state index in [9.17, 15) is 4.79 Å². The fourth-order valence-electron chi connectivity index (χ4n) is 1.51. The van der Waals surface area contributed by atoms with Gasteiger partial charge in [-0.1, -0.05) is 11.8 Å². The summed E-state index contributed by atoms with van der Waals surface area (Å²) in [7, 11) is 1.56. The van der Waals surface area contributed by atoms with Crippen LogP contribution in [-0.4, -0.2) is 17.1 Å². The summed E-state index contributed by atoms with van der Waals surface area (Å²) in [5, 5.41) is 9.53. The van der Waals surface area contributed by atoms with Gasteiger partial charge >= 0.3 is 0 Å². The molecule has 0 atom stereocenters. The number of nitrogens with zero attached hydrogens (tertiary/aromatic N) is 2. The fraction of sp³-hybridized carbons (Fsp3) is 0.154. The quantitative estimate of drug-likeness (QED) is 0.866. The van der Waals surface area contributed by atoms with Crippen LogP contribution in [0.15, 0.2) is 39.1 Å². The van der Waals surface area contributed by atoms with Crippen LogP contribution in [0.5, 0.6) is 5.75 Å². The molecule has 0 unspecified atom stereocenters. The number of hydrogen-bond acceptors (Lipinski definition) is 5. The van der Waals surface area contributed by atoms with Gasteiger partial charge in [0.2, 0.25) is 0 Å². The molecule has 1 N–H and O–H groups in total. The zero-order chi connectivity index (χ0) is 13.8. The first kappa shape index (κ1) is 13.2. The molecule has 0 aliphatic rings. The molecule has 6 heteroatoms. The van der Waals surface area contributed by atoms with E-state index in [1.165, 1.54) is 17.8 Å². The number of hydrogen-bond donors (Lipinski definition) is 1. The Morgan fingerprint density at radius 3 is 2.84 bits per heavy atom. The van der Waals surface area contributed by atoms with Crippen molar-refractivity contribution in [3.63, 3.8) is 0 Å². The van der Waals surface area contributed by atoms with Crippen LogP contribution >= 0.6 is 11.8 Å². The lowest BCUT2D eigenvalue weighted by molar-refractivity contribution is 0.413. The topological polar surface area (TPSA) is 78.8 Å². The van der Waals surface area contributed by atoms with Crippen LogP contribution in [-0.2, 0) is 0 Å². The van der Waals surface area contributed by atoms with Gasteiger partial charge in [0.25, 0.3) is 5.56 Å². The molecule has 2 aromatic rings.